The zero-order valence-electron chi connectivity index (χ0n) is 42.6. The average Bonchev–Trinajstić information content (AvgIpc) is 4.38. The summed E-state index contributed by atoms with van der Waals surface area (Å²) >= 11 is 0. The molecule has 20 atom stereocenters. The second kappa shape index (κ2) is 27.2. The minimum atomic E-state index is -2.06. The van der Waals surface area contributed by atoms with Crippen LogP contribution in [0.15, 0.2) is 96.1 Å². The molecule has 78 heavy (non-hydrogen) atoms. The number of ketones is 1. The van der Waals surface area contributed by atoms with E-state index in [1.165, 1.54) is 0 Å². The zero-order chi connectivity index (χ0) is 55.5. The van der Waals surface area contributed by atoms with Crippen LogP contribution >= 0.6 is 0 Å². The van der Waals surface area contributed by atoms with E-state index in [1.54, 1.807) is 98.8 Å². The van der Waals surface area contributed by atoms with E-state index in [9.17, 15) is 55.3 Å². The van der Waals surface area contributed by atoms with Gasteiger partial charge in [-0.25, -0.2) is 14.4 Å². The Bertz CT molecular complexity index is 2490. The molecule has 3 aromatic carbocycles. The number of rotatable bonds is 22. The van der Waals surface area contributed by atoms with Crippen molar-refractivity contribution in [3.63, 3.8) is 0 Å². The van der Waals surface area contributed by atoms with Crippen molar-refractivity contribution in [2.45, 2.75) is 163 Å². The molecular weight excluding hydrogens is 1030 g/mol. The summed E-state index contributed by atoms with van der Waals surface area (Å²) in [6, 6.07) is 23.8. The van der Waals surface area contributed by atoms with Gasteiger partial charge in [-0.3, -0.25) is 10.1 Å². The predicted molar refractivity (Wildman–Crippen MR) is 264 cm³/mol. The van der Waals surface area contributed by atoms with Crippen molar-refractivity contribution in [2.75, 3.05) is 13.2 Å². The number of azide groups is 1. The van der Waals surface area contributed by atoms with Gasteiger partial charge in [-0.15, -0.1) is 0 Å². The van der Waals surface area contributed by atoms with Crippen molar-refractivity contribution >= 4 is 24.1 Å². The van der Waals surface area contributed by atoms with Gasteiger partial charge in [0.05, 0.1) is 37.6 Å². The Hall–Kier alpha value is -6.07. The highest BCUT2D eigenvalue weighted by Gasteiger charge is 2.61. The first-order valence-corrected chi connectivity index (χ1v) is 25.7. The summed E-state index contributed by atoms with van der Waals surface area (Å²) in [5.41, 5.74) is 11.2. The smallest absolute Gasteiger partial charge is 0.409 e. The SMILES string of the molecule is CC[C@@H]1O[C@H](O[C@H]2[C@@H](O)[C@H](O[C@@H]3[C@@H](O)[C@H](CC(=O)[C@@H](O)NC(=O)OCc4ccccc4)C[C@H](C)[C@H]3O[C@H]3O[C@H](CN=[N+]=[N-])[C@@H]4O[C@@H]4[C@H]3NC(=O)OCc3ccccc3)O[C@@H]2CO)[C@H](NC(=O)OCc2ccccc2)[C@@H](O)[C@@H]1O. The molecule has 4 saturated heterocycles. The molecule has 4 heterocycles. The highest BCUT2D eigenvalue weighted by atomic mass is 16.8. The Morgan fingerprint density at radius 3 is 1.72 bits per heavy atom. The van der Waals surface area contributed by atoms with E-state index >= 15 is 0 Å². The molecule has 1 aliphatic carbocycles. The minimum Gasteiger partial charge on any atom is -0.445 e. The number of hydrogen-bond acceptors (Lipinski definition) is 21. The molecule has 8 rings (SSSR count). The van der Waals surface area contributed by atoms with Crippen molar-refractivity contribution in [1.29, 1.82) is 0 Å². The second-order valence-corrected chi connectivity index (χ2v) is 19.7. The Morgan fingerprint density at radius 2 is 1.15 bits per heavy atom. The summed E-state index contributed by atoms with van der Waals surface area (Å²) in [5, 5.41) is 79.1. The first-order chi connectivity index (χ1) is 37.6. The van der Waals surface area contributed by atoms with Crippen LogP contribution in [0.2, 0.25) is 0 Å². The van der Waals surface area contributed by atoms with Crippen molar-refractivity contribution in [3.05, 3.63) is 118 Å². The lowest BCUT2D eigenvalue weighted by atomic mass is 9.74. The first-order valence-electron chi connectivity index (χ1n) is 25.7. The molecule has 9 N–H and O–H groups in total. The van der Waals surface area contributed by atoms with Crippen LogP contribution in [0.4, 0.5) is 14.4 Å². The van der Waals surface area contributed by atoms with Gasteiger partial charge in [0.25, 0.3) is 0 Å². The third-order valence-corrected chi connectivity index (χ3v) is 14.3. The van der Waals surface area contributed by atoms with E-state index in [1.807, 2.05) is 6.07 Å². The fourth-order valence-corrected chi connectivity index (χ4v) is 10.1. The standard InChI is InChI=1S/C52H66N6O20/c1-3-32-38(62)39(63)35(55-50(66)69-23-27-13-7-4-8-14-27)47(72-32)77-42-34(22-59)74-49(40(42)64)78-45-37(61)30(20-31(60)46(65)57-52(68)71-25-29-17-11-6-12-18-29)19-26(2)41(45)76-48-36(44-43(75-44)33(73-48)21-54-58-53)56-51(67)70-24-28-15-9-5-10-16-28/h4-18,26,30,32-49,59,61-65H,3,19-25H2,1-2H3,(H,55,66)(H,56,67)(H,57,68)/t26-,30-,32-,33+,34+,35+,36+,37-,38+,39+,40+,41+,42+,43-,44+,45+,46+,47+,48+,49-/m0/s1. The maximum atomic E-state index is 13.6. The van der Waals surface area contributed by atoms with E-state index in [0.29, 0.717) is 16.7 Å². The number of Topliss-reactive ketones (excluding diaryl/α,β-unsaturated/α-hetero) is 1. The van der Waals surface area contributed by atoms with Crippen LogP contribution in [0.5, 0.6) is 0 Å². The molecule has 0 bridgehead atoms. The van der Waals surface area contributed by atoms with Crippen molar-refractivity contribution < 1.29 is 97.2 Å². The van der Waals surface area contributed by atoms with Gasteiger partial charge < -0.3 is 88.6 Å². The molecular formula is C52H66N6O20. The second-order valence-electron chi connectivity index (χ2n) is 19.7. The number of epoxide rings is 1. The molecule has 5 fully saturated rings. The molecule has 0 radical (unpaired) electrons. The third-order valence-electron chi connectivity index (χ3n) is 14.3. The van der Waals surface area contributed by atoms with Gasteiger partial charge in [0.15, 0.2) is 30.9 Å². The zero-order valence-corrected chi connectivity index (χ0v) is 42.6. The number of benzene rings is 3. The van der Waals surface area contributed by atoms with Crippen LogP contribution in [0.25, 0.3) is 10.4 Å². The summed E-state index contributed by atoms with van der Waals surface area (Å²) in [4.78, 5) is 55.6. The largest absolute Gasteiger partial charge is 0.445 e. The molecule has 26 nitrogen and oxygen atoms in total. The third kappa shape index (κ3) is 14.6. The lowest BCUT2D eigenvalue weighted by Gasteiger charge is -2.46. The predicted octanol–water partition coefficient (Wildman–Crippen LogP) is 1.69. The number of aliphatic hydroxyl groups is 6. The van der Waals surface area contributed by atoms with E-state index in [0.717, 1.165) is 0 Å². The number of nitrogens with one attached hydrogen (secondary N) is 3. The molecule has 4 aliphatic heterocycles. The summed E-state index contributed by atoms with van der Waals surface area (Å²) in [7, 11) is 0. The van der Waals surface area contributed by atoms with E-state index < -0.39 is 159 Å². The van der Waals surface area contributed by atoms with Crippen molar-refractivity contribution in [3.8, 4) is 0 Å². The molecule has 26 heteroatoms. The summed E-state index contributed by atoms with van der Waals surface area (Å²) in [6.45, 7) is 1.99. The van der Waals surface area contributed by atoms with Gasteiger partial charge in [-0.2, -0.15) is 0 Å². The van der Waals surface area contributed by atoms with E-state index in [2.05, 4.69) is 26.0 Å². The number of ether oxygens (including phenoxy) is 10. The molecule has 3 aromatic rings. The van der Waals surface area contributed by atoms with E-state index in [-0.39, 0.29) is 39.2 Å². The lowest BCUT2D eigenvalue weighted by Crippen LogP contribution is -2.65. The average molecular weight is 1100 g/mol. The number of amides is 3. The highest BCUT2D eigenvalue weighted by Crippen LogP contribution is 2.43. The number of aliphatic hydroxyl groups excluding tert-OH is 6. The van der Waals surface area contributed by atoms with Gasteiger partial charge in [0.1, 0.15) is 80.7 Å². The number of alkyl carbamates (subject to hydrolysis) is 3. The number of hydrogen-bond donors (Lipinski definition) is 9. The Labute approximate surface area is 447 Å². The number of nitrogens with zero attached hydrogens (tertiary/aromatic N) is 3. The highest BCUT2D eigenvalue weighted by molar-refractivity contribution is 5.86. The number of fused-ring (bicyclic) bond motifs is 1. The van der Waals surface area contributed by atoms with Gasteiger partial charge >= 0.3 is 18.3 Å². The summed E-state index contributed by atoms with van der Waals surface area (Å²) < 4.78 is 59.7. The van der Waals surface area contributed by atoms with Crippen LogP contribution < -0.4 is 16.0 Å². The Balaban J connectivity index is 1.02. The molecule has 0 aromatic heterocycles. The number of carbonyl (C=O) groups is 4. The van der Waals surface area contributed by atoms with Crippen molar-refractivity contribution in [1.82, 2.24) is 16.0 Å². The molecule has 5 aliphatic rings. The van der Waals surface area contributed by atoms with Crippen molar-refractivity contribution in [2.24, 2.45) is 17.0 Å². The van der Waals surface area contributed by atoms with E-state index in [4.69, 9.17) is 47.4 Å². The van der Waals surface area contributed by atoms with Crippen LogP contribution in [0.1, 0.15) is 49.8 Å². The summed E-state index contributed by atoms with van der Waals surface area (Å²) in [5.74, 6) is -2.63. The maximum Gasteiger partial charge on any atom is 0.409 e. The normalized spacial score (nSPS) is 34.4. The minimum absolute atomic E-state index is 0.0181. The fraction of sp³-hybridized carbons (Fsp3) is 0.577. The van der Waals surface area contributed by atoms with Gasteiger partial charge in [-0.05, 0) is 46.9 Å². The number of carbonyl (C=O) groups excluding carboxylic acids is 4. The molecule has 3 amide bonds. The quantitative estimate of drug-likeness (QED) is 0.0173. The van der Waals surface area contributed by atoms with Gasteiger partial charge in [0, 0.05) is 11.3 Å². The topological polar surface area (TPSA) is 370 Å². The molecule has 1 saturated carbocycles. The van der Waals surface area contributed by atoms with Gasteiger partial charge in [0.2, 0.25) is 0 Å². The fourth-order valence-electron chi connectivity index (χ4n) is 10.1. The Kier molecular flexibility index (Phi) is 20.3. The van der Waals surface area contributed by atoms with Crippen LogP contribution in [-0.2, 0) is 72.0 Å². The van der Waals surface area contributed by atoms with Crippen LogP contribution in [0, 0.1) is 11.8 Å². The van der Waals surface area contributed by atoms with Crippen LogP contribution in [-0.4, -0.2) is 178 Å². The van der Waals surface area contributed by atoms with Crippen LogP contribution in [0.3, 0.4) is 0 Å². The summed E-state index contributed by atoms with van der Waals surface area (Å²) in [6.07, 6.45) is -25.9. The monoisotopic (exact) mass is 1090 g/mol. The van der Waals surface area contributed by atoms with Gasteiger partial charge in [-0.1, -0.05) is 110 Å². The molecule has 424 valence electrons. The first kappa shape index (κ1) is 58.1. The molecule has 0 unspecified atom stereocenters. The Morgan fingerprint density at radius 1 is 0.641 bits per heavy atom. The lowest BCUT2D eigenvalue weighted by molar-refractivity contribution is -0.297. The molecule has 0 spiro atoms. The maximum absolute atomic E-state index is 13.6.